The Labute approximate surface area is 92.4 Å². The third kappa shape index (κ3) is 1.03. The van der Waals surface area contributed by atoms with Crippen LogP contribution < -0.4 is 0 Å². The highest BCUT2D eigenvalue weighted by Crippen LogP contribution is 2.72. The van der Waals surface area contributed by atoms with E-state index < -0.39 is 0 Å². The molecular weight excluding hydrogens is 188 g/mol. The van der Waals surface area contributed by atoms with Gasteiger partial charge in [0.1, 0.15) is 0 Å². The average molecular weight is 210 g/mol. The van der Waals surface area contributed by atoms with Gasteiger partial charge in [0.05, 0.1) is 12.5 Å². The molecule has 0 amide bonds. The molecule has 0 heterocycles. The molecule has 2 aliphatic carbocycles. The SMILES string of the molecule is COC(=O)C1(C)C(C)C2(C)CCC1(C)C2. The fraction of sp³-hybridized carbons (Fsp3) is 0.923. The molecule has 4 unspecified atom stereocenters. The Morgan fingerprint density at radius 1 is 1.27 bits per heavy atom. The molecule has 2 fully saturated rings. The van der Waals surface area contributed by atoms with E-state index in [1.54, 1.807) is 0 Å². The second-order valence-electron chi connectivity index (χ2n) is 6.31. The van der Waals surface area contributed by atoms with Gasteiger partial charge in [0, 0.05) is 0 Å². The number of carbonyl (C=O) groups excluding carboxylic acids is 1. The molecule has 0 spiro atoms. The monoisotopic (exact) mass is 210 g/mol. The second-order valence-corrected chi connectivity index (χ2v) is 6.31. The fourth-order valence-corrected chi connectivity index (χ4v) is 4.30. The highest BCUT2D eigenvalue weighted by Gasteiger charge is 2.69. The molecule has 0 radical (unpaired) electrons. The number of ether oxygens (including phenoxy) is 1. The van der Waals surface area contributed by atoms with Gasteiger partial charge in [-0.05, 0) is 42.9 Å². The predicted molar refractivity (Wildman–Crippen MR) is 59.4 cm³/mol. The zero-order valence-corrected chi connectivity index (χ0v) is 10.5. The standard InChI is InChI=1S/C13H22O2/c1-9-11(2)6-7-12(3,8-11)13(9,4)10(14)15-5/h9H,6-8H2,1-5H3. The summed E-state index contributed by atoms with van der Waals surface area (Å²) >= 11 is 0. The zero-order valence-electron chi connectivity index (χ0n) is 10.5. The average Bonchev–Trinajstić information content (AvgIpc) is 2.59. The van der Waals surface area contributed by atoms with E-state index in [4.69, 9.17) is 4.74 Å². The maximum atomic E-state index is 12.1. The molecule has 0 aliphatic heterocycles. The maximum absolute atomic E-state index is 12.1. The van der Waals surface area contributed by atoms with Crippen molar-refractivity contribution in [3.05, 3.63) is 0 Å². The number of rotatable bonds is 1. The lowest BCUT2D eigenvalue weighted by Crippen LogP contribution is -2.47. The van der Waals surface area contributed by atoms with Crippen LogP contribution in [0.15, 0.2) is 0 Å². The summed E-state index contributed by atoms with van der Waals surface area (Å²) in [6, 6.07) is 0. The Bertz CT molecular complexity index is 312. The summed E-state index contributed by atoms with van der Waals surface area (Å²) in [4.78, 5) is 12.1. The van der Waals surface area contributed by atoms with Crippen LogP contribution in [-0.4, -0.2) is 13.1 Å². The highest BCUT2D eigenvalue weighted by molar-refractivity contribution is 5.79. The molecular formula is C13H22O2. The molecule has 2 heteroatoms. The van der Waals surface area contributed by atoms with E-state index in [-0.39, 0.29) is 16.8 Å². The van der Waals surface area contributed by atoms with Crippen molar-refractivity contribution in [3.8, 4) is 0 Å². The molecule has 2 nitrogen and oxygen atoms in total. The zero-order chi connectivity index (χ0) is 11.5. The summed E-state index contributed by atoms with van der Waals surface area (Å²) in [6.45, 7) is 8.92. The lowest BCUT2D eigenvalue weighted by molar-refractivity contribution is -0.164. The largest absolute Gasteiger partial charge is 0.469 e. The number of esters is 1. The summed E-state index contributed by atoms with van der Waals surface area (Å²) in [5, 5.41) is 0. The molecule has 2 saturated carbocycles. The minimum absolute atomic E-state index is 0.0130. The third-order valence-electron chi connectivity index (χ3n) is 5.82. The highest BCUT2D eigenvalue weighted by atomic mass is 16.5. The van der Waals surface area contributed by atoms with Crippen LogP contribution in [0.4, 0.5) is 0 Å². The number of hydrogen-bond acceptors (Lipinski definition) is 2. The molecule has 2 rings (SSSR count). The lowest BCUT2D eigenvalue weighted by Gasteiger charge is -2.45. The van der Waals surface area contributed by atoms with Crippen molar-refractivity contribution in [1.82, 2.24) is 0 Å². The van der Waals surface area contributed by atoms with Crippen molar-refractivity contribution < 1.29 is 9.53 Å². The van der Waals surface area contributed by atoms with Gasteiger partial charge in [0.15, 0.2) is 0 Å². The third-order valence-corrected chi connectivity index (χ3v) is 5.82. The van der Waals surface area contributed by atoms with Crippen molar-refractivity contribution in [2.75, 3.05) is 7.11 Å². The molecule has 0 saturated heterocycles. The lowest BCUT2D eigenvalue weighted by atomic mass is 9.58. The van der Waals surface area contributed by atoms with E-state index in [2.05, 4.69) is 27.7 Å². The van der Waals surface area contributed by atoms with Crippen molar-refractivity contribution in [2.24, 2.45) is 22.2 Å². The topological polar surface area (TPSA) is 26.3 Å². The minimum atomic E-state index is -0.283. The van der Waals surface area contributed by atoms with E-state index in [1.807, 2.05) is 0 Å². The van der Waals surface area contributed by atoms with E-state index in [1.165, 1.54) is 26.4 Å². The van der Waals surface area contributed by atoms with E-state index in [0.717, 1.165) is 0 Å². The quantitative estimate of drug-likeness (QED) is 0.622. The second kappa shape index (κ2) is 2.78. The first-order chi connectivity index (χ1) is 6.80. The van der Waals surface area contributed by atoms with E-state index in [9.17, 15) is 4.79 Å². The van der Waals surface area contributed by atoms with Crippen LogP contribution in [0.25, 0.3) is 0 Å². The first kappa shape index (κ1) is 11.0. The van der Waals surface area contributed by atoms with Gasteiger partial charge in [-0.25, -0.2) is 0 Å². The Kier molecular flexibility index (Phi) is 2.03. The molecule has 2 bridgehead atoms. The summed E-state index contributed by atoms with van der Waals surface area (Å²) in [6.07, 6.45) is 3.60. The van der Waals surface area contributed by atoms with Crippen LogP contribution in [0.5, 0.6) is 0 Å². The number of hydrogen-bond donors (Lipinski definition) is 0. The van der Waals surface area contributed by atoms with Crippen molar-refractivity contribution in [3.63, 3.8) is 0 Å². The van der Waals surface area contributed by atoms with Gasteiger partial charge in [0.2, 0.25) is 0 Å². The Hall–Kier alpha value is -0.530. The first-order valence-corrected chi connectivity index (χ1v) is 5.89. The fourth-order valence-electron chi connectivity index (χ4n) is 4.30. The molecule has 0 N–H and O–H groups in total. The summed E-state index contributed by atoms with van der Waals surface area (Å²) in [5.41, 5.74) is 0.209. The Morgan fingerprint density at radius 2 is 1.87 bits per heavy atom. The molecule has 4 atom stereocenters. The molecule has 86 valence electrons. The van der Waals surface area contributed by atoms with Crippen LogP contribution >= 0.6 is 0 Å². The Balaban J connectivity index is 2.46. The molecule has 0 aromatic heterocycles. The van der Waals surface area contributed by atoms with Gasteiger partial charge in [-0.15, -0.1) is 0 Å². The molecule has 0 aromatic carbocycles. The first-order valence-electron chi connectivity index (χ1n) is 5.89. The summed E-state index contributed by atoms with van der Waals surface area (Å²) < 4.78 is 5.03. The van der Waals surface area contributed by atoms with Crippen LogP contribution in [-0.2, 0) is 9.53 Å². The van der Waals surface area contributed by atoms with Gasteiger partial charge >= 0.3 is 5.97 Å². The van der Waals surface area contributed by atoms with Gasteiger partial charge in [0.25, 0.3) is 0 Å². The maximum Gasteiger partial charge on any atom is 0.312 e. The van der Waals surface area contributed by atoms with Gasteiger partial charge in [-0.3, -0.25) is 4.79 Å². The predicted octanol–water partition coefficient (Wildman–Crippen LogP) is 3.01. The van der Waals surface area contributed by atoms with Crippen LogP contribution in [0.1, 0.15) is 47.0 Å². The minimum Gasteiger partial charge on any atom is -0.469 e. The molecule has 0 aromatic rings. The van der Waals surface area contributed by atoms with Crippen LogP contribution in [0, 0.1) is 22.2 Å². The summed E-state index contributed by atoms with van der Waals surface area (Å²) in [5.74, 6) is 0.414. The van der Waals surface area contributed by atoms with Crippen molar-refractivity contribution >= 4 is 5.97 Å². The normalized spacial score (nSPS) is 53.3. The van der Waals surface area contributed by atoms with Crippen LogP contribution in [0.2, 0.25) is 0 Å². The number of carbonyl (C=O) groups is 1. The molecule has 15 heavy (non-hydrogen) atoms. The van der Waals surface area contributed by atoms with Crippen molar-refractivity contribution in [1.29, 1.82) is 0 Å². The number of fused-ring (bicyclic) bond motifs is 2. The van der Waals surface area contributed by atoms with E-state index in [0.29, 0.717) is 11.3 Å². The Morgan fingerprint density at radius 3 is 2.27 bits per heavy atom. The van der Waals surface area contributed by atoms with Crippen molar-refractivity contribution in [2.45, 2.75) is 47.0 Å². The smallest absolute Gasteiger partial charge is 0.312 e. The number of methoxy groups -OCH3 is 1. The van der Waals surface area contributed by atoms with Gasteiger partial charge in [-0.2, -0.15) is 0 Å². The van der Waals surface area contributed by atoms with E-state index >= 15 is 0 Å². The molecule has 2 aliphatic rings. The van der Waals surface area contributed by atoms with Gasteiger partial charge < -0.3 is 4.74 Å². The summed E-state index contributed by atoms with van der Waals surface area (Å²) in [7, 11) is 1.51. The van der Waals surface area contributed by atoms with Gasteiger partial charge in [-0.1, -0.05) is 20.8 Å². The van der Waals surface area contributed by atoms with Crippen LogP contribution in [0.3, 0.4) is 0 Å².